The van der Waals surface area contributed by atoms with Crippen LogP contribution in [-0.2, 0) is 10.9 Å². The lowest BCUT2D eigenvalue weighted by atomic mass is 10.2. The molecule has 2 saturated heterocycles. The van der Waals surface area contributed by atoms with Crippen LogP contribution in [0.2, 0.25) is 0 Å². The Kier molecular flexibility index (Phi) is 5.16. The summed E-state index contributed by atoms with van der Waals surface area (Å²) in [6, 6.07) is 2.37. The summed E-state index contributed by atoms with van der Waals surface area (Å²) in [4.78, 5) is 22.6. The number of aromatic nitrogens is 4. The van der Waals surface area contributed by atoms with Crippen molar-refractivity contribution in [2.24, 2.45) is 0 Å². The van der Waals surface area contributed by atoms with Crippen molar-refractivity contribution in [3.63, 3.8) is 0 Å². The molecule has 2 aromatic rings. The average molecular weight is 395 g/mol. The summed E-state index contributed by atoms with van der Waals surface area (Å²) in [5.74, 6) is 1.10. The maximum Gasteiger partial charge on any atom is 0.419 e. The van der Waals surface area contributed by atoms with E-state index in [-0.39, 0.29) is 5.82 Å². The Labute approximate surface area is 160 Å². The number of morpholine rings is 1. The van der Waals surface area contributed by atoms with E-state index in [4.69, 9.17) is 4.74 Å². The quantitative estimate of drug-likeness (QED) is 0.774. The Morgan fingerprint density at radius 2 is 1.43 bits per heavy atom. The lowest BCUT2D eigenvalue weighted by molar-refractivity contribution is -0.137. The molecule has 0 saturated carbocycles. The lowest BCUT2D eigenvalue weighted by Crippen LogP contribution is -2.48. The molecule has 0 unspecified atom stereocenters. The van der Waals surface area contributed by atoms with E-state index < -0.39 is 11.7 Å². The smallest absolute Gasteiger partial charge is 0.378 e. The molecule has 150 valence electrons. The Bertz CT molecular complexity index is 805. The Balaban J connectivity index is 1.45. The maximum atomic E-state index is 13.2. The third-order valence-electron chi connectivity index (χ3n) is 4.79. The first-order valence-corrected chi connectivity index (χ1v) is 9.06. The first kappa shape index (κ1) is 18.7. The van der Waals surface area contributed by atoms with E-state index in [1.165, 1.54) is 18.6 Å². The van der Waals surface area contributed by atoms with Crippen molar-refractivity contribution >= 4 is 17.7 Å². The molecule has 2 aliphatic rings. The van der Waals surface area contributed by atoms with Gasteiger partial charge in [-0.3, -0.25) is 0 Å². The second kappa shape index (κ2) is 7.74. The highest BCUT2D eigenvalue weighted by molar-refractivity contribution is 5.50. The van der Waals surface area contributed by atoms with Crippen molar-refractivity contribution in [1.29, 1.82) is 0 Å². The molecule has 0 N–H and O–H groups in total. The van der Waals surface area contributed by atoms with Gasteiger partial charge in [0.15, 0.2) is 0 Å². The summed E-state index contributed by atoms with van der Waals surface area (Å²) in [7, 11) is 0. The minimum atomic E-state index is -4.43. The minimum absolute atomic E-state index is 0.0284. The molecule has 4 rings (SSSR count). The number of pyridine rings is 1. The van der Waals surface area contributed by atoms with Crippen molar-refractivity contribution in [2.45, 2.75) is 6.18 Å². The number of rotatable bonds is 3. The van der Waals surface area contributed by atoms with Gasteiger partial charge in [-0.05, 0) is 12.1 Å². The first-order chi connectivity index (χ1) is 13.5. The standard InChI is InChI=1S/C17H20F3N7O/c18-17(19,20)13-2-1-3-21-14(13)25-4-6-26(7-5-25)15-22-12-23-16(24-15)27-8-10-28-11-9-27/h1-3,12H,4-11H2. The summed E-state index contributed by atoms with van der Waals surface area (Å²) in [6.45, 7) is 4.50. The number of hydrogen-bond donors (Lipinski definition) is 0. The highest BCUT2D eigenvalue weighted by Gasteiger charge is 2.36. The van der Waals surface area contributed by atoms with Crippen LogP contribution in [0.25, 0.3) is 0 Å². The van der Waals surface area contributed by atoms with Crippen LogP contribution in [0, 0.1) is 0 Å². The molecule has 4 heterocycles. The average Bonchev–Trinajstić information content (AvgIpc) is 2.74. The summed E-state index contributed by atoms with van der Waals surface area (Å²) < 4.78 is 45.1. The van der Waals surface area contributed by atoms with Gasteiger partial charge in [-0.15, -0.1) is 0 Å². The van der Waals surface area contributed by atoms with Crippen LogP contribution in [0.15, 0.2) is 24.7 Å². The van der Waals surface area contributed by atoms with Crippen molar-refractivity contribution < 1.29 is 17.9 Å². The third-order valence-corrected chi connectivity index (χ3v) is 4.79. The van der Waals surface area contributed by atoms with Gasteiger partial charge in [0, 0.05) is 45.5 Å². The van der Waals surface area contributed by atoms with Gasteiger partial charge in [-0.1, -0.05) is 0 Å². The summed E-state index contributed by atoms with van der Waals surface area (Å²) in [6.07, 6.45) is -1.57. The number of anilines is 3. The molecule has 2 fully saturated rings. The largest absolute Gasteiger partial charge is 0.419 e. The van der Waals surface area contributed by atoms with Crippen LogP contribution >= 0.6 is 0 Å². The number of hydrogen-bond acceptors (Lipinski definition) is 8. The fourth-order valence-electron chi connectivity index (χ4n) is 3.34. The fourth-order valence-corrected chi connectivity index (χ4v) is 3.34. The van der Waals surface area contributed by atoms with Crippen LogP contribution in [-0.4, -0.2) is 72.4 Å². The van der Waals surface area contributed by atoms with E-state index in [9.17, 15) is 13.2 Å². The van der Waals surface area contributed by atoms with Crippen LogP contribution in [0.3, 0.4) is 0 Å². The predicted molar refractivity (Wildman–Crippen MR) is 96.5 cm³/mol. The molecule has 0 aromatic carbocycles. The van der Waals surface area contributed by atoms with Gasteiger partial charge >= 0.3 is 6.18 Å². The molecule has 0 aliphatic carbocycles. The van der Waals surface area contributed by atoms with E-state index in [0.29, 0.717) is 51.3 Å². The summed E-state index contributed by atoms with van der Waals surface area (Å²) in [5, 5.41) is 0. The first-order valence-electron chi connectivity index (χ1n) is 9.06. The number of piperazine rings is 1. The third kappa shape index (κ3) is 3.93. The van der Waals surface area contributed by atoms with Crippen molar-refractivity contribution in [3.05, 3.63) is 30.2 Å². The SMILES string of the molecule is FC(F)(F)c1cccnc1N1CCN(c2ncnc(N3CCOCC3)n2)CC1. The van der Waals surface area contributed by atoms with E-state index in [1.807, 2.05) is 9.80 Å². The number of ether oxygens (including phenoxy) is 1. The van der Waals surface area contributed by atoms with Crippen LogP contribution < -0.4 is 14.7 Å². The number of nitrogens with zero attached hydrogens (tertiary/aromatic N) is 7. The van der Waals surface area contributed by atoms with Crippen molar-refractivity contribution in [1.82, 2.24) is 19.9 Å². The molecule has 2 aliphatic heterocycles. The van der Waals surface area contributed by atoms with E-state index in [0.717, 1.165) is 19.2 Å². The molecule has 0 spiro atoms. The van der Waals surface area contributed by atoms with E-state index >= 15 is 0 Å². The lowest BCUT2D eigenvalue weighted by Gasteiger charge is -2.36. The summed E-state index contributed by atoms with van der Waals surface area (Å²) in [5.41, 5.74) is -0.710. The van der Waals surface area contributed by atoms with Gasteiger partial charge in [-0.25, -0.2) is 15.0 Å². The molecule has 0 radical (unpaired) electrons. The monoisotopic (exact) mass is 395 g/mol. The zero-order chi connectivity index (χ0) is 19.6. The normalized spacial score (nSPS) is 18.5. The second-order valence-corrected chi connectivity index (χ2v) is 6.53. The molecule has 28 heavy (non-hydrogen) atoms. The topological polar surface area (TPSA) is 70.5 Å². The van der Waals surface area contributed by atoms with Gasteiger partial charge < -0.3 is 19.4 Å². The van der Waals surface area contributed by atoms with Gasteiger partial charge in [-0.2, -0.15) is 18.2 Å². The molecule has 0 bridgehead atoms. The van der Waals surface area contributed by atoms with Gasteiger partial charge in [0.25, 0.3) is 0 Å². The number of halogens is 3. The predicted octanol–water partition coefficient (Wildman–Crippen LogP) is 1.45. The van der Waals surface area contributed by atoms with Gasteiger partial charge in [0.1, 0.15) is 12.1 Å². The van der Waals surface area contributed by atoms with Crippen LogP contribution in [0.1, 0.15) is 5.56 Å². The molecule has 8 nitrogen and oxygen atoms in total. The molecule has 11 heteroatoms. The van der Waals surface area contributed by atoms with Crippen molar-refractivity contribution in [2.75, 3.05) is 67.2 Å². The highest BCUT2D eigenvalue weighted by Crippen LogP contribution is 2.35. The minimum Gasteiger partial charge on any atom is -0.378 e. The highest BCUT2D eigenvalue weighted by atomic mass is 19.4. The van der Waals surface area contributed by atoms with Gasteiger partial charge in [0.05, 0.1) is 18.8 Å². The van der Waals surface area contributed by atoms with E-state index in [1.54, 1.807) is 4.90 Å². The molecular formula is C17H20F3N7O. The molecule has 2 aromatic heterocycles. The summed E-state index contributed by atoms with van der Waals surface area (Å²) >= 11 is 0. The van der Waals surface area contributed by atoms with Crippen molar-refractivity contribution in [3.8, 4) is 0 Å². The maximum absolute atomic E-state index is 13.2. The zero-order valence-electron chi connectivity index (χ0n) is 15.1. The molecule has 0 amide bonds. The Hall–Kier alpha value is -2.69. The number of alkyl halides is 3. The van der Waals surface area contributed by atoms with Crippen LogP contribution in [0.5, 0.6) is 0 Å². The molecule has 0 atom stereocenters. The zero-order valence-corrected chi connectivity index (χ0v) is 15.1. The van der Waals surface area contributed by atoms with Gasteiger partial charge in [0.2, 0.25) is 11.9 Å². The second-order valence-electron chi connectivity index (χ2n) is 6.53. The molecular weight excluding hydrogens is 375 g/mol. The Morgan fingerprint density at radius 3 is 2.07 bits per heavy atom. The van der Waals surface area contributed by atoms with E-state index in [2.05, 4.69) is 19.9 Å². The van der Waals surface area contributed by atoms with Crippen LogP contribution in [0.4, 0.5) is 30.9 Å². The Morgan fingerprint density at radius 1 is 0.821 bits per heavy atom. The fraction of sp³-hybridized carbons (Fsp3) is 0.529.